The Kier molecular flexibility index (Phi) is 7.96. The first-order chi connectivity index (χ1) is 13.8. The average molecular weight is 401 g/mol. The van der Waals surface area contributed by atoms with Crippen LogP contribution in [0.5, 0.6) is 11.5 Å². The van der Waals surface area contributed by atoms with Gasteiger partial charge in [-0.05, 0) is 27.7 Å². The van der Waals surface area contributed by atoms with Crippen molar-refractivity contribution in [3.05, 3.63) is 46.0 Å². The minimum absolute atomic E-state index is 0.0393. The van der Waals surface area contributed by atoms with Crippen molar-refractivity contribution in [1.29, 1.82) is 0 Å². The van der Waals surface area contributed by atoms with Crippen molar-refractivity contribution in [2.45, 2.75) is 47.7 Å². The number of methoxy groups -OCH3 is 2. The first kappa shape index (κ1) is 22.6. The maximum atomic E-state index is 11.3. The molecule has 0 aliphatic rings. The zero-order chi connectivity index (χ0) is 21.6. The largest absolute Gasteiger partial charge is 0.496 e. The lowest BCUT2D eigenvalue weighted by atomic mass is 10.1. The minimum Gasteiger partial charge on any atom is -0.496 e. The first-order valence-corrected chi connectivity index (χ1v) is 9.73. The number of amides is 1. The highest BCUT2D eigenvalue weighted by Gasteiger charge is 2.17. The van der Waals surface area contributed by atoms with Crippen molar-refractivity contribution in [2.75, 3.05) is 27.3 Å². The van der Waals surface area contributed by atoms with Gasteiger partial charge in [0.25, 0.3) is 0 Å². The van der Waals surface area contributed by atoms with Crippen LogP contribution >= 0.6 is 0 Å². The van der Waals surface area contributed by atoms with E-state index in [0.29, 0.717) is 26.2 Å². The zero-order valence-corrected chi connectivity index (χ0v) is 18.5. The summed E-state index contributed by atoms with van der Waals surface area (Å²) < 4.78 is 11.1. The normalized spacial score (nSPS) is 10.9. The smallest absolute Gasteiger partial charge is 0.216 e. The third-order valence-corrected chi connectivity index (χ3v) is 5.05. The number of nitrogens with one attached hydrogen (secondary N) is 1. The Bertz CT molecular complexity index is 806. The van der Waals surface area contributed by atoms with E-state index >= 15 is 0 Å². The molecule has 29 heavy (non-hydrogen) atoms. The second kappa shape index (κ2) is 10.2. The second-order valence-corrected chi connectivity index (χ2v) is 7.29. The van der Waals surface area contributed by atoms with Gasteiger partial charge in [-0.2, -0.15) is 0 Å². The van der Waals surface area contributed by atoms with E-state index in [1.165, 1.54) is 6.92 Å². The Morgan fingerprint density at radius 2 is 1.38 bits per heavy atom. The molecule has 0 unspecified atom stereocenters. The number of rotatable bonds is 9. The Morgan fingerprint density at radius 3 is 1.76 bits per heavy atom. The molecule has 0 aromatic carbocycles. The fourth-order valence-electron chi connectivity index (χ4n) is 3.49. The minimum atomic E-state index is -0.0393. The summed E-state index contributed by atoms with van der Waals surface area (Å²) in [5.74, 6) is 1.69. The van der Waals surface area contributed by atoms with Crippen LogP contribution in [0, 0.1) is 27.7 Å². The molecule has 7 heteroatoms. The summed E-state index contributed by atoms with van der Waals surface area (Å²) in [6, 6.07) is 0. The number of ether oxygens (including phenoxy) is 2. The number of nitrogens with zero attached hydrogens (tertiary/aromatic N) is 3. The van der Waals surface area contributed by atoms with E-state index in [2.05, 4.69) is 20.2 Å². The van der Waals surface area contributed by atoms with Crippen LogP contribution < -0.4 is 14.8 Å². The molecule has 7 nitrogen and oxygen atoms in total. The molecule has 158 valence electrons. The standard InChI is InChI=1S/C22H32N4O3/c1-14-10-24-19(16(3)21(14)28-6)12-26(9-8-23-18(5)27)13-20-17(4)22(29-7)15(2)11-25-20/h10-11H,8-9,12-13H2,1-7H3,(H,23,27). The van der Waals surface area contributed by atoms with Gasteiger partial charge in [-0.15, -0.1) is 0 Å². The molecule has 2 heterocycles. The van der Waals surface area contributed by atoms with E-state index in [1.54, 1.807) is 14.2 Å². The monoisotopic (exact) mass is 400 g/mol. The van der Waals surface area contributed by atoms with Crippen LogP contribution in [0.4, 0.5) is 0 Å². The molecule has 0 saturated heterocycles. The quantitative estimate of drug-likeness (QED) is 0.698. The first-order valence-electron chi connectivity index (χ1n) is 9.73. The van der Waals surface area contributed by atoms with Crippen LogP contribution in [0.1, 0.15) is 40.6 Å². The fraction of sp³-hybridized carbons (Fsp3) is 0.500. The van der Waals surface area contributed by atoms with Gasteiger partial charge in [-0.1, -0.05) is 0 Å². The van der Waals surface area contributed by atoms with E-state index in [-0.39, 0.29) is 5.91 Å². The number of hydrogen-bond donors (Lipinski definition) is 1. The van der Waals surface area contributed by atoms with E-state index in [0.717, 1.165) is 45.1 Å². The summed E-state index contributed by atoms with van der Waals surface area (Å²) in [6.45, 7) is 12.0. The summed E-state index contributed by atoms with van der Waals surface area (Å²) in [5.41, 5.74) is 5.99. The van der Waals surface area contributed by atoms with E-state index in [9.17, 15) is 4.79 Å². The summed E-state index contributed by atoms with van der Waals surface area (Å²) >= 11 is 0. The highest BCUT2D eigenvalue weighted by Crippen LogP contribution is 2.27. The van der Waals surface area contributed by atoms with Gasteiger partial charge in [0.15, 0.2) is 0 Å². The van der Waals surface area contributed by atoms with Gasteiger partial charge >= 0.3 is 0 Å². The van der Waals surface area contributed by atoms with Crippen molar-refractivity contribution in [1.82, 2.24) is 20.2 Å². The number of carbonyl (C=O) groups is 1. The van der Waals surface area contributed by atoms with Gasteiger partial charge in [-0.3, -0.25) is 19.7 Å². The number of aryl methyl sites for hydroxylation is 2. The molecule has 2 aromatic heterocycles. The SMILES string of the molecule is COc1c(C)cnc(CN(CCNC(C)=O)Cc2ncc(C)c(OC)c2C)c1C. The summed E-state index contributed by atoms with van der Waals surface area (Å²) in [6.07, 6.45) is 3.68. The van der Waals surface area contributed by atoms with Crippen LogP contribution in [-0.4, -0.2) is 48.1 Å². The van der Waals surface area contributed by atoms with Crippen molar-refractivity contribution in [3.63, 3.8) is 0 Å². The van der Waals surface area contributed by atoms with Crippen LogP contribution in [0.15, 0.2) is 12.4 Å². The molecule has 1 N–H and O–H groups in total. The zero-order valence-electron chi connectivity index (χ0n) is 18.5. The summed E-state index contributed by atoms with van der Waals surface area (Å²) in [7, 11) is 3.36. The van der Waals surface area contributed by atoms with Crippen molar-refractivity contribution in [3.8, 4) is 11.5 Å². The fourth-order valence-corrected chi connectivity index (χ4v) is 3.49. The molecular formula is C22H32N4O3. The van der Waals surface area contributed by atoms with Crippen LogP contribution in [0.25, 0.3) is 0 Å². The maximum Gasteiger partial charge on any atom is 0.216 e. The topological polar surface area (TPSA) is 76.6 Å². The number of aromatic nitrogens is 2. The van der Waals surface area contributed by atoms with Gasteiger partial charge in [0, 0.05) is 67.8 Å². The molecule has 0 spiro atoms. The van der Waals surface area contributed by atoms with Crippen LogP contribution in [-0.2, 0) is 17.9 Å². The van der Waals surface area contributed by atoms with Gasteiger partial charge < -0.3 is 14.8 Å². The van der Waals surface area contributed by atoms with Crippen LogP contribution in [0.3, 0.4) is 0 Å². The Hall–Kier alpha value is -2.67. The molecule has 0 aliphatic carbocycles. The van der Waals surface area contributed by atoms with Crippen LogP contribution in [0.2, 0.25) is 0 Å². The molecule has 1 amide bonds. The molecular weight excluding hydrogens is 368 g/mol. The number of pyridine rings is 2. The summed E-state index contributed by atoms with van der Waals surface area (Å²) in [4.78, 5) is 22.8. The Morgan fingerprint density at radius 1 is 0.931 bits per heavy atom. The van der Waals surface area contributed by atoms with Gasteiger partial charge in [0.1, 0.15) is 11.5 Å². The van der Waals surface area contributed by atoms with Gasteiger partial charge in [0.05, 0.1) is 25.6 Å². The van der Waals surface area contributed by atoms with Gasteiger partial charge in [0.2, 0.25) is 5.91 Å². The van der Waals surface area contributed by atoms with Gasteiger partial charge in [-0.25, -0.2) is 0 Å². The predicted octanol–water partition coefficient (Wildman–Crippen LogP) is 2.87. The van der Waals surface area contributed by atoms with Crippen molar-refractivity contribution >= 4 is 5.91 Å². The Labute approximate surface area is 173 Å². The number of carbonyl (C=O) groups excluding carboxylic acids is 1. The second-order valence-electron chi connectivity index (χ2n) is 7.29. The highest BCUT2D eigenvalue weighted by molar-refractivity contribution is 5.72. The number of hydrogen-bond acceptors (Lipinski definition) is 6. The Balaban J connectivity index is 2.30. The molecule has 0 atom stereocenters. The van der Waals surface area contributed by atoms with Crippen molar-refractivity contribution < 1.29 is 14.3 Å². The third-order valence-electron chi connectivity index (χ3n) is 5.05. The molecule has 0 saturated carbocycles. The van der Waals surface area contributed by atoms with E-state index < -0.39 is 0 Å². The highest BCUT2D eigenvalue weighted by atomic mass is 16.5. The lowest BCUT2D eigenvalue weighted by Gasteiger charge is -2.24. The molecule has 0 fully saturated rings. The molecule has 0 radical (unpaired) electrons. The van der Waals surface area contributed by atoms with E-state index in [4.69, 9.17) is 9.47 Å². The summed E-state index contributed by atoms with van der Waals surface area (Å²) in [5, 5.41) is 2.87. The lowest BCUT2D eigenvalue weighted by Crippen LogP contribution is -2.34. The maximum absolute atomic E-state index is 11.3. The van der Waals surface area contributed by atoms with E-state index in [1.807, 2.05) is 40.1 Å². The molecule has 0 aliphatic heterocycles. The average Bonchev–Trinajstić information content (AvgIpc) is 2.66. The molecule has 0 bridgehead atoms. The molecule has 2 aromatic rings. The predicted molar refractivity (Wildman–Crippen MR) is 113 cm³/mol. The van der Waals surface area contributed by atoms with Crippen molar-refractivity contribution in [2.24, 2.45) is 0 Å². The third kappa shape index (κ3) is 5.67. The molecule has 2 rings (SSSR count). The lowest BCUT2D eigenvalue weighted by molar-refractivity contribution is -0.119.